The number of ether oxygens (including phenoxy) is 1. The summed E-state index contributed by atoms with van der Waals surface area (Å²) < 4.78 is 14.9. The maximum absolute atomic E-state index is 11.1. The van der Waals surface area contributed by atoms with Crippen LogP contribution in [0.25, 0.3) is 0 Å². The molecule has 0 bridgehead atoms. The van der Waals surface area contributed by atoms with Crippen molar-refractivity contribution in [1.29, 1.82) is 0 Å². The van der Waals surface area contributed by atoms with Gasteiger partial charge in [0.25, 0.3) is 0 Å². The van der Waals surface area contributed by atoms with E-state index >= 15 is 0 Å². The monoisotopic (exact) mass is 237 g/mol. The van der Waals surface area contributed by atoms with Gasteiger partial charge in [-0.15, -0.1) is 0 Å². The van der Waals surface area contributed by atoms with Crippen molar-refractivity contribution in [2.24, 2.45) is 0 Å². The van der Waals surface area contributed by atoms with Gasteiger partial charge >= 0.3 is 5.97 Å². The molecule has 0 saturated heterocycles. The van der Waals surface area contributed by atoms with Gasteiger partial charge in [0.2, 0.25) is 0 Å². The SMILES string of the molecule is COCc1onc(Cc2ccco2)c1C(=O)O. The average Bonchev–Trinajstić information content (AvgIpc) is 2.89. The fourth-order valence-electron chi connectivity index (χ4n) is 1.53. The molecule has 17 heavy (non-hydrogen) atoms. The van der Waals surface area contributed by atoms with Gasteiger partial charge in [-0.1, -0.05) is 5.16 Å². The van der Waals surface area contributed by atoms with E-state index in [0.717, 1.165) is 0 Å². The number of aromatic nitrogens is 1. The van der Waals surface area contributed by atoms with E-state index < -0.39 is 5.97 Å². The first-order valence-corrected chi connectivity index (χ1v) is 4.94. The highest BCUT2D eigenvalue weighted by molar-refractivity contribution is 5.90. The van der Waals surface area contributed by atoms with Crippen LogP contribution in [0.5, 0.6) is 0 Å². The molecule has 0 unspecified atom stereocenters. The number of carboxylic acid groups (broad SMARTS) is 1. The van der Waals surface area contributed by atoms with Gasteiger partial charge in [-0.2, -0.15) is 0 Å². The summed E-state index contributed by atoms with van der Waals surface area (Å²) in [5, 5.41) is 12.8. The van der Waals surface area contributed by atoms with Crippen molar-refractivity contribution in [2.45, 2.75) is 13.0 Å². The average molecular weight is 237 g/mol. The molecule has 2 aromatic heterocycles. The first-order chi connectivity index (χ1) is 8.22. The molecule has 2 rings (SSSR count). The van der Waals surface area contributed by atoms with Gasteiger partial charge < -0.3 is 18.8 Å². The van der Waals surface area contributed by atoms with E-state index in [4.69, 9.17) is 18.8 Å². The highest BCUT2D eigenvalue weighted by Crippen LogP contribution is 2.18. The molecule has 0 amide bonds. The number of carboxylic acids is 1. The van der Waals surface area contributed by atoms with Gasteiger partial charge in [-0.3, -0.25) is 0 Å². The zero-order valence-corrected chi connectivity index (χ0v) is 9.17. The van der Waals surface area contributed by atoms with E-state index in [0.29, 0.717) is 11.5 Å². The molecule has 0 radical (unpaired) electrons. The van der Waals surface area contributed by atoms with Crippen LogP contribution < -0.4 is 0 Å². The summed E-state index contributed by atoms with van der Waals surface area (Å²) in [4.78, 5) is 11.1. The van der Waals surface area contributed by atoms with Crippen molar-refractivity contribution in [2.75, 3.05) is 7.11 Å². The summed E-state index contributed by atoms with van der Waals surface area (Å²) in [6.45, 7) is 0.0762. The fourth-order valence-corrected chi connectivity index (χ4v) is 1.53. The Morgan fingerprint density at radius 2 is 2.41 bits per heavy atom. The third kappa shape index (κ3) is 2.36. The van der Waals surface area contributed by atoms with Crippen molar-refractivity contribution in [1.82, 2.24) is 5.16 Å². The van der Waals surface area contributed by atoms with Crippen LogP contribution in [-0.4, -0.2) is 23.3 Å². The van der Waals surface area contributed by atoms with Crippen molar-refractivity contribution < 1.29 is 23.6 Å². The van der Waals surface area contributed by atoms with Gasteiger partial charge in [-0.05, 0) is 12.1 Å². The summed E-state index contributed by atoms with van der Waals surface area (Å²) in [6.07, 6.45) is 1.80. The van der Waals surface area contributed by atoms with Crippen LogP contribution in [-0.2, 0) is 17.8 Å². The highest BCUT2D eigenvalue weighted by Gasteiger charge is 2.22. The normalized spacial score (nSPS) is 10.6. The Kier molecular flexibility index (Phi) is 3.24. The number of hydrogen-bond donors (Lipinski definition) is 1. The van der Waals surface area contributed by atoms with Gasteiger partial charge in [-0.25, -0.2) is 4.79 Å². The molecule has 1 N–H and O–H groups in total. The number of aromatic carboxylic acids is 1. The van der Waals surface area contributed by atoms with Crippen LogP contribution in [0.15, 0.2) is 27.3 Å². The smallest absolute Gasteiger partial charge is 0.341 e. The largest absolute Gasteiger partial charge is 0.477 e. The summed E-state index contributed by atoms with van der Waals surface area (Å²) in [7, 11) is 1.46. The molecule has 0 atom stereocenters. The molecule has 0 spiro atoms. The predicted octanol–water partition coefficient (Wildman–Crippen LogP) is 1.70. The molecule has 0 aliphatic carbocycles. The van der Waals surface area contributed by atoms with Crippen LogP contribution in [0.3, 0.4) is 0 Å². The van der Waals surface area contributed by atoms with E-state index in [1.807, 2.05) is 0 Å². The van der Waals surface area contributed by atoms with E-state index in [1.165, 1.54) is 13.4 Å². The Balaban J connectivity index is 2.30. The van der Waals surface area contributed by atoms with Crippen LogP contribution in [0.1, 0.15) is 27.6 Å². The molecule has 0 aliphatic rings. The Bertz CT molecular complexity index is 500. The first-order valence-electron chi connectivity index (χ1n) is 4.94. The van der Waals surface area contributed by atoms with Gasteiger partial charge in [0.1, 0.15) is 23.6 Å². The van der Waals surface area contributed by atoms with Crippen molar-refractivity contribution in [3.8, 4) is 0 Å². The van der Waals surface area contributed by atoms with Crippen LogP contribution in [0, 0.1) is 0 Å². The third-order valence-corrected chi connectivity index (χ3v) is 2.24. The number of hydrogen-bond acceptors (Lipinski definition) is 5. The first kappa shape index (κ1) is 11.4. The molecule has 0 saturated carbocycles. The lowest BCUT2D eigenvalue weighted by molar-refractivity contribution is 0.0687. The molecule has 0 aliphatic heterocycles. The van der Waals surface area contributed by atoms with Crippen molar-refractivity contribution in [3.05, 3.63) is 41.2 Å². The number of furan rings is 1. The van der Waals surface area contributed by atoms with Crippen LogP contribution in [0.4, 0.5) is 0 Å². The van der Waals surface area contributed by atoms with Crippen molar-refractivity contribution >= 4 is 5.97 Å². The third-order valence-electron chi connectivity index (χ3n) is 2.24. The Morgan fingerprint density at radius 1 is 1.59 bits per heavy atom. The van der Waals surface area contributed by atoms with E-state index in [9.17, 15) is 4.79 Å². The molecular weight excluding hydrogens is 226 g/mol. The second-order valence-electron chi connectivity index (χ2n) is 3.42. The lowest BCUT2D eigenvalue weighted by Crippen LogP contribution is -2.04. The fraction of sp³-hybridized carbons (Fsp3) is 0.273. The molecular formula is C11H11NO5. The molecule has 2 aromatic rings. The molecule has 6 heteroatoms. The second-order valence-corrected chi connectivity index (χ2v) is 3.42. The molecule has 0 fully saturated rings. The molecule has 2 heterocycles. The Hall–Kier alpha value is -2.08. The van der Waals surface area contributed by atoms with Gasteiger partial charge in [0.15, 0.2) is 5.76 Å². The minimum absolute atomic E-state index is 0.0447. The lowest BCUT2D eigenvalue weighted by atomic mass is 10.1. The minimum Gasteiger partial charge on any atom is -0.477 e. The van der Waals surface area contributed by atoms with Crippen molar-refractivity contribution in [3.63, 3.8) is 0 Å². The lowest BCUT2D eigenvalue weighted by Gasteiger charge is -1.97. The summed E-state index contributed by atoms with van der Waals surface area (Å²) in [6, 6.07) is 3.47. The van der Waals surface area contributed by atoms with E-state index in [1.54, 1.807) is 12.1 Å². The van der Waals surface area contributed by atoms with E-state index in [2.05, 4.69) is 5.16 Å². The second kappa shape index (κ2) is 4.84. The summed E-state index contributed by atoms with van der Waals surface area (Å²) >= 11 is 0. The standard InChI is InChI=1S/C11H11NO5/c1-15-6-9-10(11(13)14)8(12-17-9)5-7-3-2-4-16-7/h2-4H,5-6H2,1H3,(H,13,14). The quantitative estimate of drug-likeness (QED) is 0.851. The predicted molar refractivity (Wildman–Crippen MR) is 55.7 cm³/mol. The zero-order chi connectivity index (χ0) is 12.3. The van der Waals surface area contributed by atoms with Crippen LogP contribution in [0.2, 0.25) is 0 Å². The molecule has 6 nitrogen and oxygen atoms in total. The number of rotatable bonds is 5. The molecule has 0 aromatic carbocycles. The number of carbonyl (C=O) groups is 1. The summed E-state index contributed by atoms with van der Waals surface area (Å²) in [5.74, 6) is -0.244. The number of nitrogens with zero attached hydrogens (tertiary/aromatic N) is 1. The maximum atomic E-state index is 11.1. The maximum Gasteiger partial charge on any atom is 0.341 e. The Labute approximate surface area is 96.8 Å². The van der Waals surface area contributed by atoms with E-state index in [-0.39, 0.29) is 24.4 Å². The Morgan fingerprint density at radius 3 is 3.00 bits per heavy atom. The minimum atomic E-state index is -1.08. The van der Waals surface area contributed by atoms with Gasteiger partial charge in [0, 0.05) is 7.11 Å². The topological polar surface area (TPSA) is 85.7 Å². The molecule has 90 valence electrons. The zero-order valence-electron chi connectivity index (χ0n) is 9.17. The van der Waals surface area contributed by atoms with Gasteiger partial charge in [0.05, 0.1) is 12.7 Å². The number of methoxy groups -OCH3 is 1. The highest BCUT2D eigenvalue weighted by atomic mass is 16.5. The summed E-state index contributed by atoms with van der Waals surface area (Å²) in [5.41, 5.74) is 0.378. The van der Waals surface area contributed by atoms with Crippen LogP contribution >= 0.6 is 0 Å².